The molecule has 0 saturated carbocycles. The molecular formula is C12H19N3O. The Balaban J connectivity index is 1.97. The third-order valence-corrected chi connectivity index (χ3v) is 2.82. The summed E-state index contributed by atoms with van der Waals surface area (Å²) in [6.45, 7) is 4.78. The molecule has 0 aromatic carbocycles. The number of rotatable bonds is 5. The molecular weight excluding hydrogens is 202 g/mol. The largest absolute Gasteiger partial charge is 0.477 e. The SMILES string of the molecule is CCCCCOc1ncnc2c1CNCC2. The highest BCUT2D eigenvalue weighted by molar-refractivity contribution is 5.31. The van der Waals surface area contributed by atoms with Crippen LogP contribution in [-0.4, -0.2) is 23.1 Å². The molecule has 0 radical (unpaired) electrons. The lowest BCUT2D eigenvalue weighted by Gasteiger charge is -2.18. The van der Waals surface area contributed by atoms with E-state index >= 15 is 0 Å². The predicted molar refractivity (Wildman–Crippen MR) is 62.5 cm³/mol. The Morgan fingerprint density at radius 2 is 2.31 bits per heavy atom. The summed E-state index contributed by atoms with van der Waals surface area (Å²) < 4.78 is 5.72. The second-order valence-electron chi connectivity index (χ2n) is 4.09. The monoisotopic (exact) mass is 221 g/mol. The Hall–Kier alpha value is -1.16. The zero-order valence-electron chi connectivity index (χ0n) is 9.83. The van der Waals surface area contributed by atoms with E-state index < -0.39 is 0 Å². The van der Waals surface area contributed by atoms with Crippen LogP contribution in [0.15, 0.2) is 6.33 Å². The molecule has 0 atom stereocenters. The van der Waals surface area contributed by atoms with Gasteiger partial charge in [-0.05, 0) is 6.42 Å². The van der Waals surface area contributed by atoms with E-state index in [1.807, 2.05) is 0 Å². The van der Waals surface area contributed by atoms with Crippen molar-refractivity contribution in [2.75, 3.05) is 13.2 Å². The van der Waals surface area contributed by atoms with Crippen molar-refractivity contribution >= 4 is 0 Å². The van der Waals surface area contributed by atoms with Crippen molar-refractivity contribution < 1.29 is 4.74 Å². The van der Waals surface area contributed by atoms with Gasteiger partial charge in [-0.15, -0.1) is 0 Å². The van der Waals surface area contributed by atoms with Crippen molar-refractivity contribution in [2.24, 2.45) is 0 Å². The van der Waals surface area contributed by atoms with Crippen LogP contribution in [0.4, 0.5) is 0 Å². The van der Waals surface area contributed by atoms with Crippen LogP contribution < -0.4 is 10.1 Å². The van der Waals surface area contributed by atoms with E-state index in [0.717, 1.165) is 49.7 Å². The maximum absolute atomic E-state index is 5.72. The summed E-state index contributed by atoms with van der Waals surface area (Å²) in [4.78, 5) is 8.51. The minimum atomic E-state index is 0.761. The number of unbranched alkanes of at least 4 members (excludes halogenated alkanes) is 2. The van der Waals surface area contributed by atoms with Gasteiger partial charge in [-0.3, -0.25) is 0 Å². The molecule has 4 nitrogen and oxygen atoms in total. The maximum atomic E-state index is 5.72. The van der Waals surface area contributed by atoms with Gasteiger partial charge in [-0.2, -0.15) is 0 Å². The number of nitrogens with zero attached hydrogens (tertiary/aromatic N) is 2. The van der Waals surface area contributed by atoms with E-state index in [1.165, 1.54) is 12.8 Å². The zero-order chi connectivity index (χ0) is 11.2. The highest BCUT2D eigenvalue weighted by atomic mass is 16.5. The van der Waals surface area contributed by atoms with Crippen LogP contribution in [0.2, 0.25) is 0 Å². The van der Waals surface area contributed by atoms with E-state index in [0.29, 0.717) is 0 Å². The highest BCUT2D eigenvalue weighted by Crippen LogP contribution is 2.20. The van der Waals surface area contributed by atoms with Gasteiger partial charge in [-0.25, -0.2) is 9.97 Å². The van der Waals surface area contributed by atoms with Crippen LogP contribution in [0, 0.1) is 0 Å². The first-order chi connectivity index (χ1) is 7.92. The van der Waals surface area contributed by atoms with E-state index in [1.54, 1.807) is 6.33 Å². The molecule has 0 fully saturated rings. The van der Waals surface area contributed by atoms with Crippen molar-refractivity contribution in [3.05, 3.63) is 17.6 Å². The second-order valence-corrected chi connectivity index (χ2v) is 4.09. The van der Waals surface area contributed by atoms with Crippen LogP contribution in [0.25, 0.3) is 0 Å². The smallest absolute Gasteiger partial charge is 0.221 e. The minimum absolute atomic E-state index is 0.761. The van der Waals surface area contributed by atoms with E-state index in [2.05, 4.69) is 22.2 Å². The molecule has 4 heteroatoms. The second kappa shape index (κ2) is 5.80. The van der Waals surface area contributed by atoms with Crippen molar-refractivity contribution in [2.45, 2.75) is 39.2 Å². The maximum Gasteiger partial charge on any atom is 0.221 e. The molecule has 1 aromatic heterocycles. The van der Waals surface area contributed by atoms with Gasteiger partial charge in [0.2, 0.25) is 5.88 Å². The molecule has 0 saturated heterocycles. The predicted octanol–water partition coefficient (Wildman–Crippen LogP) is 1.69. The Morgan fingerprint density at radius 1 is 1.38 bits per heavy atom. The fraction of sp³-hybridized carbons (Fsp3) is 0.667. The summed E-state index contributed by atoms with van der Waals surface area (Å²) in [5.41, 5.74) is 2.28. The van der Waals surface area contributed by atoms with E-state index in [4.69, 9.17) is 4.74 Å². The molecule has 1 aromatic rings. The molecule has 16 heavy (non-hydrogen) atoms. The first-order valence-corrected chi connectivity index (χ1v) is 6.08. The first-order valence-electron chi connectivity index (χ1n) is 6.08. The Labute approximate surface area is 96.4 Å². The van der Waals surface area contributed by atoms with Gasteiger partial charge in [-0.1, -0.05) is 19.8 Å². The molecule has 0 spiro atoms. The molecule has 2 heterocycles. The zero-order valence-corrected chi connectivity index (χ0v) is 9.83. The number of ether oxygens (including phenoxy) is 1. The Morgan fingerprint density at radius 3 is 3.19 bits per heavy atom. The summed E-state index contributed by atoms with van der Waals surface area (Å²) in [6, 6.07) is 0. The number of nitrogens with one attached hydrogen (secondary N) is 1. The van der Waals surface area contributed by atoms with E-state index in [9.17, 15) is 0 Å². The lowest BCUT2D eigenvalue weighted by Crippen LogP contribution is -2.25. The van der Waals surface area contributed by atoms with Gasteiger partial charge >= 0.3 is 0 Å². The lowest BCUT2D eigenvalue weighted by molar-refractivity contribution is 0.288. The first kappa shape index (κ1) is 11.3. The standard InChI is InChI=1S/C12H19N3O/c1-2-3-4-7-16-12-10-8-13-6-5-11(10)14-9-15-12/h9,13H,2-8H2,1H3. The lowest BCUT2D eigenvalue weighted by atomic mass is 10.1. The number of aromatic nitrogens is 2. The summed E-state index contributed by atoms with van der Waals surface area (Å²) in [7, 11) is 0. The molecule has 0 amide bonds. The molecule has 1 aliphatic rings. The van der Waals surface area contributed by atoms with Crippen molar-refractivity contribution in [1.29, 1.82) is 0 Å². The van der Waals surface area contributed by atoms with Gasteiger partial charge in [0.1, 0.15) is 6.33 Å². The number of hydrogen-bond acceptors (Lipinski definition) is 4. The topological polar surface area (TPSA) is 47.0 Å². The van der Waals surface area contributed by atoms with Gasteiger partial charge < -0.3 is 10.1 Å². The molecule has 2 rings (SSSR count). The Kier molecular flexibility index (Phi) is 4.10. The fourth-order valence-corrected chi connectivity index (χ4v) is 1.89. The molecule has 88 valence electrons. The highest BCUT2D eigenvalue weighted by Gasteiger charge is 2.15. The summed E-state index contributed by atoms with van der Waals surface area (Å²) >= 11 is 0. The minimum Gasteiger partial charge on any atom is -0.477 e. The van der Waals surface area contributed by atoms with Crippen molar-refractivity contribution in [3.63, 3.8) is 0 Å². The van der Waals surface area contributed by atoms with Crippen LogP contribution in [0.1, 0.15) is 37.4 Å². The Bertz CT molecular complexity index is 341. The molecule has 1 N–H and O–H groups in total. The average Bonchev–Trinajstić information content (AvgIpc) is 2.35. The molecule has 0 aliphatic carbocycles. The summed E-state index contributed by atoms with van der Waals surface area (Å²) in [6.07, 6.45) is 6.11. The van der Waals surface area contributed by atoms with Gasteiger partial charge in [0.05, 0.1) is 12.3 Å². The van der Waals surface area contributed by atoms with Crippen LogP contribution in [0.3, 0.4) is 0 Å². The van der Waals surface area contributed by atoms with Crippen LogP contribution in [-0.2, 0) is 13.0 Å². The van der Waals surface area contributed by atoms with Gasteiger partial charge in [0.25, 0.3) is 0 Å². The molecule has 1 aliphatic heterocycles. The third kappa shape index (κ3) is 2.70. The summed E-state index contributed by atoms with van der Waals surface area (Å²) in [5, 5.41) is 3.32. The van der Waals surface area contributed by atoms with Crippen LogP contribution in [0.5, 0.6) is 5.88 Å². The van der Waals surface area contributed by atoms with Gasteiger partial charge in [0.15, 0.2) is 0 Å². The van der Waals surface area contributed by atoms with Gasteiger partial charge in [0, 0.05) is 25.1 Å². The van der Waals surface area contributed by atoms with Crippen molar-refractivity contribution in [1.82, 2.24) is 15.3 Å². The van der Waals surface area contributed by atoms with Crippen LogP contribution >= 0.6 is 0 Å². The van der Waals surface area contributed by atoms with Crippen molar-refractivity contribution in [3.8, 4) is 5.88 Å². The van der Waals surface area contributed by atoms with E-state index in [-0.39, 0.29) is 0 Å². The summed E-state index contributed by atoms with van der Waals surface area (Å²) in [5.74, 6) is 0.772. The molecule has 0 bridgehead atoms. The molecule has 0 unspecified atom stereocenters. The third-order valence-electron chi connectivity index (χ3n) is 2.82. The average molecular weight is 221 g/mol. The quantitative estimate of drug-likeness (QED) is 0.769. The number of hydrogen-bond donors (Lipinski definition) is 1. The number of fused-ring (bicyclic) bond motifs is 1. The normalized spacial score (nSPS) is 14.6. The fourth-order valence-electron chi connectivity index (χ4n) is 1.89.